The lowest BCUT2D eigenvalue weighted by Crippen LogP contribution is -2.64. The molecular weight excluding hydrogens is 352 g/mol. The van der Waals surface area contributed by atoms with Gasteiger partial charge in [-0.15, -0.1) is 0 Å². The van der Waals surface area contributed by atoms with Crippen molar-refractivity contribution in [3.63, 3.8) is 0 Å². The Balaban J connectivity index is 1.59. The summed E-state index contributed by atoms with van der Waals surface area (Å²) in [7, 11) is 0. The predicted molar refractivity (Wildman–Crippen MR) is 106 cm³/mol. The number of amides is 2. The van der Waals surface area contributed by atoms with Crippen LogP contribution in [0.2, 0.25) is 0 Å². The molecule has 2 aromatic carbocycles. The monoisotopic (exact) mass is 374 g/mol. The summed E-state index contributed by atoms with van der Waals surface area (Å²) in [6.07, 6.45) is 2.08. The summed E-state index contributed by atoms with van der Waals surface area (Å²) in [6.45, 7) is -0.0628. The number of carbonyl (C=O) groups excluding carboxylic acids is 2. The molecule has 3 aromatic rings. The van der Waals surface area contributed by atoms with E-state index in [9.17, 15) is 9.59 Å². The van der Waals surface area contributed by atoms with Gasteiger partial charge in [0.05, 0.1) is 6.04 Å². The first-order valence-corrected chi connectivity index (χ1v) is 9.64. The van der Waals surface area contributed by atoms with Crippen LogP contribution in [0, 0.1) is 0 Å². The minimum absolute atomic E-state index is 0.0628. The lowest BCUT2D eigenvalue weighted by molar-refractivity contribution is -0.160. The third-order valence-corrected chi connectivity index (χ3v) is 5.96. The van der Waals surface area contributed by atoms with E-state index >= 15 is 0 Å². The van der Waals surface area contributed by atoms with Crippen LogP contribution in [0.3, 0.4) is 0 Å². The van der Waals surface area contributed by atoms with E-state index in [1.807, 2.05) is 36.4 Å². The standard InChI is InChI=1S/C22H22N4O2/c23-25-13-20(27)26-18(11-10-14-6-2-1-3-7-14)21-16(12-19(26)22(25)28)15-8-4-5-9-17(15)24-21/h1-9,18-19,24H,10-13,23H2. The fraction of sp³-hybridized carbons (Fsp3) is 0.273. The molecule has 0 saturated carbocycles. The van der Waals surface area contributed by atoms with Crippen molar-refractivity contribution in [2.45, 2.75) is 31.3 Å². The average Bonchev–Trinajstić information content (AvgIpc) is 3.09. The number of rotatable bonds is 3. The van der Waals surface area contributed by atoms with Crippen molar-refractivity contribution >= 4 is 22.7 Å². The fourth-order valence-corrected chi connectivity index (χ4v) is 4.66. The molecule has 0 radical (unpaired) electrons. The van der Waals surface area contributed by atoms with Crippen LogP contribution >= 0.6 is 0 Å². The van der Waals surface area contributed by atoms with Crippen LogP contribution in [0.4, 0.5) is 0 Å². The summed E-state index contributed by atoms with van der Waals surface area (Å²) in [5.74, 6) is 5.55. The Morgan fingerprint density at radius 2 is 1.79 bits per heavy atom. The molecule has 1 aromatic heterocycles. The third-order valence-electron chi connectivity index (χ3n) is 5.96. The van der Waals surface area contributed by atoms with Crippen LogP contribution < -0.4 is 5.84 Å². The molecule has 3 N–H and O–H groups in total. The van der Waals surface area contributed by atoms with E-state index in [4.69, 9.17) is 5.84 Å². The number of aryl methyl sites for hydroxylation is 1. The van der Waals surface area contributed by atoms with Crippen LogP contribution in [-0.4, -0.2) is 39.3 Å². The summed E-state index contributed by atoms with van der Waals surface area (Å²) in [5, 5.41) is 2.19. The topological polar surface area (TPSA) is 82.4 Å². The van der Waals surface area contributed by atoms with E-state index in [1.54, 1.807) is 4.90 Å². The van der Waals surface area contributed by atoms with Gasteiger partial charge in [-0.3, -0.25) is 14.6 Å². The minimum atomic E-state index is -0.529. The number of carbonyl (C=O) groups is 2. The molecule has 2 unspecified atom stereocenters. The lowest BCUT2D eigenvalue weighted by Gasteiger charge is -2.46. The second kappa shape index (κ2) is 6.49. The number of hydrogen-bond donors (Lipinski definition) is 2. The van der Waals surface area contributed by atoms with Crippen LogP contribution in [0.25, 0.3) is 10.9 Å². The Morgan fingerprint density at radius 3 is 2.61 bits per heavy atom. The van der Waals surface area contributed by atoms with Crippen LogP contribution in [-0.2, 0) is 22.4 Å². The molecule has 2 aliphatic rings. The quantitative estimate of drug-likeness (QED) is 0.545. The predicted octanol–water partition coefficient (Wildman–Crippen LogP) is 2.31. The van der Waals surface area contributed by atoms with Crippen molar-refractivity contribution in [3.05, 3.63) is 71.4 Å². The highest BCUT2D eigenvalue weighted by Crippen LogP contribution is 2.40. The number of hydrogen-bond acceptors (Lipinski definition) is 3. The van der Waals surface area contributed by atoms with E-state index in [-0.39, 0.29) is 24.4 Å². The number of hydrazine groups is 1. The Kier molecular flexibility index (Phi) is 3.94. The van der Waals surface area contributed by atoms with E-state index in [2.05, 4.69) is 23.2 Å². The molecule has 2 atom stereocenters. The molecule has 0 spiro atoms. The zero-order valence-corrected chi connectivity index (χ0v) is 15.5. The average molecular weight is 374 g/mol. The molecule has 1 saturated heterocycles. The maximum Gasteiger partial charge on any atom is 0.260 e. The summed E-state index contributed by atoms with van der Waals surface area (Å²) < 4.78 is 0. The highest BCUT2D eigenvalue weighted by Gasteiger charge is 2.46. The zero-order chi connectivity index (χ0) is 19.3. The molecule has 3 heterocycles. The normalized spacial score (nSPS) is 21.8. The Morgan fingerprint density at radius 1 is 1.04 bits per heavy atom. The van der Waals surface area contributed by atoms with Gasteiger partial charge >= 0.3 is 0 Å². The molecule has 0 bridgehead atoms. The second-order valence-corrected chi connectivity index (χ2v) is 7.59. The molecule has 1 fully saturated rings. The summed E-state index contributed by atoms with van der Waals surface area (Å²) >= 11 is 0. The molecule has 142 valence electrons. The molecule has 2 amide bonds. The van der Waals surface area contributed by atoms with Crippen molar-refractivity contribution in [1.29, 1.82) is 0 Å². The number of para-hydroxylation sites is 1. The number of nitrogens with zero attached hydrogens (tertiary/aromatic N) is 2. The van der Waals surface area contributed by atoms with Crippen molar-refractivity contribution in [3.8, 4) is 0 Å². The molecule has 0 aliphatic carbocycles. The number of benzene rings is 2. The Bertz CT molecular complexity index is 1060. The molecule has 6 nitrogen and oxygen atoms in total. The van der Waals surface area contributed by atoms with Gasteiger partial charge in [-0.1, -0.05) is 48.5 Å². The largest absolute Gasteiger partial charge is 0.356 e. The molecule has 5 rings (SSSR count). The van der Waals surface area contributed by atoms with Crippen molar-refractivity contribution < 1.29 is 9.59 Å². The van der Waals surface area contributed by atoms with Crippen LogP contribution in [0.5, 0.6) is 0 Å². The molecule has 2 aliphatic heterocycles. The van der Waals surface area contributed by atoms with Crippen LogP contribution in [0.15, 0.2) is 54.6 Å². The maximum absolute atomic E-state index is 12.9. The van der Waals surface area contributed by atoms with Gasteiger partial charge in [0.15, 0.2) is 0 Å². The number of nitrogens with two attached hydrogens (primary N) is 1. The van der Waals surface area contributed by atoms with E-state index in [1.165, 1.54) is 5.56 Å². The van der Waals surface area contributed by atoms with Gasteiger partial charge in [0.2, 0.25) is 5.91 Å². The first-order chi connectivity index (χ1) is 13.6. The molecule has 28 heavy (non-hydrogen) atoms. The lowest BCUT2D eigenvalue weighted by atomic mass is 9.87. The SMILES string of the molecule is NN1CC(=O)N2C(Cc3c([nH]c4ccccc34)C2CCc2ccccc2)C1=O. The van der Waals surface area contributed by atoms with E-state index in [0.717, 1.165) is 40.0 Å². The highest BCUT2D eigenvalue weighted by molar-refractivity contribution is 5.97. The third kappa shape index (κ3) is 2.60. The summed E-state index contributed by atoms with van der Waals surface area (Å²) in [6, 6.07) is 17.7. The second-order valence-electron chi connectivity index (χ2n) is 7.59. The van der Waals surface area contributed by atoms with Gasteiger partial charge in [0.25, 0.3) is 5.91 Å². The van der Waals surface area contributed by atoms with Gasteiger partial charge in [-0.05, 0) is 30.0 Å². The minimum Gasteiger partial charge on any atom is -0.356 e. The molecular formula is C22H22N4O2. The Hall–Kier alpha value is -3.12. The number of nitrogens with one attached hydrogen (secondary N) is 1. The molecule has 6 heteroatoms. The number of H-pyrrole nitrogens is 1. The summed E-state index contributed by atoms with van der Waals surface area (Å²) in [4.78, 5) is 31.0. The highest BCUT2D eigenvalue weighted by atomic mass is 16.2. The first kappa shape index (κ1) is 17.0. The maximum atomic E-state index is 12.9. The van der Waals surface area contributed by atoms with Gasteiger partial charge in [0.1, 0.15) is 12.6 Å². The van der Waals surface area contributed by atoms with Crippen molar-refractivity contribution in [1.82, 2.24) is 14.9 Å². The first-order valence-electron chi connectivity index (χ1n) is 9.64. The van der Waals surface area contributed by atoms with E-state index in [0.29, 0.717) is 6.42 Å². The van der Waals surface area contributed by atoms with Crippen LogP contribution in [0.1, 0.15) is 29.3 Å². The van der Waals surface area contributed by atoms with Crippen molar-refractivity contribution in [2.75, 3.05) is 6.54 Å². The number of piperazine rings is 1. The van der Waals surface area contributed by atoms with Gasteiger partial charge in [0, 0.05) is 23.0 Å². The smallest absolute Gasteiger partial charge is 0.260 e. The number of aromatic amines is 1. The summed E-state index contributed by atoms with van der Waals surface area (Å²) in [5.41, 5.74) is 4.45. The number of fused-ring (bicyclic) bond motifs is 4. The Labute approximate surface area is 162 Å². The fourth-order valence-electron chi connectivity index (χ4n) is 4.66. The zero-order valence-electron chi connectivity index (χ0n) is 15.5. The van der Waals surface area contributed by atoms with Gasteiger partial charge < -0.3 is 9.88 Å². The number of aromatic nitrogens is 1. The van der Waals surface area contributed by atoms with E-state index < -0.39 is 6.04 Å². The van der Waals surface area contributed by atoms with Gasteiger partial charge in [-0.2, -0.15) is 0 Å². The van der Waals surface area contributed by atoms with Gasteiger partial charge in [-0.25, -0.2) is 5.84 Å². The van der Waals surface area contributed by atoms with Crippen molar-refractivity contribution in [2.24, 2.45) is 5.84 Å².